The zero-order chi connectivity index (χ0) is 18.9. The van der Waals surface area contributed by atoms with E-state index in [2.05, 4.69) is 37.1 Å². The Balaban J connectivity index is 1.62. The van der Waals surface area contributed by atoms with E-state index in [1.54, 1.807) is 10.7 Å². The van der Waals surface area contributed by atoms with Gasteiger partial charge in [-0.05, 0) is 13.0 Å². The first-order valence-electron chi connectivity index (χ1n) is 9.05. The van der Waals surface area contributed by atoms with Crippen molar-refractivity contribution in [2.24, 2.45) is 0 Å². The molecule has 8 nitrogen and oxygen atoms in total. The Morgan fingerprint density at radius 1 is 1.00 bits per heavy atom. The number of aromatic nitrogens is 8. The van der Waals surface area contributed by atoms with Crippen LogP contribution in [-0.4, -0.2) is 39.1 Å². The Bertz CT molecular complexity index is 1230. The molecule has 0 N–H and O–H groups in total. The van der Waals surface area contributed by atoms with Gasteiger partial charge in [0.05, 0.1) is 41.7 Å². The third kappa shape index (κ3) is 2.84. The molecule has 5 aromatic rings. The van der Waals surface area contributed by atoms with Gasteiger partial charge in [0.1, 0.15) is 0 Å². The lowest BCUT2D eigenvalue weighted by Gasteiger charge is -2.09. The summed E-state index contributed by atoms with van der Waals surface area (Å²) in [5.41, 5.74) is 5.63. The van der Waals surface area contributed by atoms with Crippen LogP contribution in [0.3, 0.4) is 0 Å². The highest BCUT2D eigenvalue weighted by atomic mass is 15.4. The summed E-state index contributed by atoms with van der Waals surface area (Å²) in [5, 5.41) is 12.7. The van der Waals surface area contributed by atoms with E-state index in [4.69, 9.17) is 4.98 Å². The Morgan fingerprint density at radius 2 is 1.89 bits per heavy atom. The molecule has 0 radical (unpaired) electrons. The van der Waals surface area contributed by atoms with E-state index in [1.807, 2.05) is 60.8 Å². The van der Waals surface area contributed by atoms with Crippen molar-refractivity contribution in [1.82, 2.24) is 39.1 Å². The van der Waals surface area contributed by atoms with Crippen LogP contribution in [0.5, 0.6) is 0 Å². The van der Waals surface area contributed by atoms with Crippen molar-refractivity contribution < 1.29 is 0 Å². The number of imidazole rings is 1. The fourth-order valence-corrected chi connectivity index (χ4v) is 3.35. The standard InChI is InChI=1S/C20H18N8/c1-15-13-27(25-24-15)11-10-26-14-22-18(16-6-3-2-4-7-16)19(26)17-12-23-28-9-5-8-21-20(17)28/h2-9,12-14H,10-11H2,1H3. The summed E-state index contributed by atoms with van der Waals surface area (Å²) in [6.07, 6.45) is 9.33. The Morgan fingerprint density at radius 3 is 2.71 bits per heavy atom. The summed E-state index contributed by atoms with van der Waals surface area (Å²) < 4.78 is 5.75. The number of fused-ring (bicyclic) bond motifs is 1. The molecule has 4 heterocycles. The van der Waals surface area contributed by atoms with Crippen molar-refractivity contribution in [2.45, 2.75) is 20.0 Å². The van der Waals surface area contributed by atoms with Gasteiger partial charge in [-0.1, -0.05) is 35.5 Å². The number of hydrogen-bond donors (Lipinski definition) is 0. The fraction of sp³-hybridized carbons (Fsp3) is 0.150. The van der Waals surface area contributed by atoms with Gasteiger partial charge in [0.2, 0.25) is 0 Å². The molecule has 0 unspecified atom stereocenters. The molecule has 1 aromatic carbocycles. The van der Waals surface area contributed by atoms with Gasteiger partial charge in [-0.2, -0.15) is 5.10 Å². The lowest BCUT2D eigenvalue weighted by Crippen LogP contribution is -2.08. The first kappa shape index (κ1) is 16.4. The van der Waals surface area contributed by atoms with E-state index >= 15 is 0 Å². The fourth-order valence-electron chi connectivity index (χ4n) is 3.35. The lowest BCUT2D eigenvalue weighted by atomic mass is 10.1. The molecule has 5 rings (SSSR count). The molecule has 138 valence electrons. The topological polar surface area (TPSA) is 78.7 Å². The van der Waals surface area contributed by atoms with Gasteiger partial charge >= 0.3 is 0 Å². The predicted molar refractivity (Wildman–Crippen MR) is 104 cm³/mol. The number of aryl methyl sites for hydroxylation is 3. The van der Waals surface area contributed by atoms with Crippen molar-refractivity contribution in [3.8, 4) is 22.5 Å². The minimum atomic E-state index is 0.699. The molecule has 0 saturated carbocycles. The van der Waals surface area contributed by atoms with Crippen LogP contribution in [0.25, 0.3) is 28.2 Å². The first-order chi connectivity index (χ1) is 13.8. The van der Waals surface area contributed by atoms with Gasteiger partial charge in [-0.25, -0.2) is 14.5 Å². The normalized spacial score (nSPS) is 11.3. The van der Waals surface area contributed by atoms with Crippen molar-refractivity contribution >= 4 is 5.65 Å². The quantitative estimate of drug-likeness (QED) is 0.475. The monoisotopic (exact) mass is 370 g/mol. The van der Waals surface area contributed by atoms with E-state index in [1.165, 1.54) is 0 Å². The van der Waals surface area contributed by atoms with Gasteiger partial charge in [0.15, 0.2) is 5.65 Å². The Labute approximate surface area is 161 Å². The van der Waals surface area contributed by atoms with Crippen LogP contribution >= 0.6 is 0 Å². The number of nitrogens with zero attached hydrogens (tertiary/aromatic N) is 8. The van der Waals surface area contributed by atoms with Crippen LogP contribution in [0, 0.1) is 6.92 Å². The van der Waals surface area contributed by atoms with Gasteiger partial charge in [-0.15, -0.1) is 5.10 Å². The van der Waals surface area contributed by atoms with Crippen molar-refractivity contribution in [3.05, 3.63) is 73.2 Å². The summed E-state index contributed by atoms with van der Waals surface area (Å²) in [7, 11) is 0. The maximum Gasteiger partial charge on any atom is 0.164 e. The smallest absolute Gasteiger partial charge is 0.164 e. The SMILES string of the molecule is Cc1cn(CCn2cnc(-c3ccccc3)c2-c2cnn3cccnc23)nn1. The third-order valence-electron chi connectivity index (χ3n) is 4.64. The second kappa shape index (κ2) is 6.73. The van der Waals surface area contributed by atoms with E-state index in [0.717, 1.165) is 33.9 Å². The minimum Gasteiger partial charge on any atom is -0.328 e. The Kier molecular flexibility index (Phi) is 3.93. The molecular weight excluding hydrogens is 352 g/mol. The van der Waals surface area contributed by atoms with E-state index < -0.39 is 0 Å². The summed E-state index contributed by atoms with van der Waals surface area (Å²) in [6, 6.07) is 12.0. The maximum absolute atomic E-state index is 4.72. The molecule has 0 saturated heterocycles. The van der Waals surface area contributed by atoms with Crippen LogP contribution in [0.4, 0.5) is 0 Å². The lowest BCUT2D eigenvalue weighted by molar-refractivity contribution is 0.521. The molecule has 0 fully saturated rings. The van der Waals surface area contributed by atoms with E-state index in [9.17, 15) is 0 Å². The number of benzene rings is 1. The van der Waals surface area contributed by atoms with Crippen LogP contribution in [0.1, 0.15) is 5.69 Å². The van der Waals surface area contributed by atoms with Crippen LogP contribution in [0.15, 0.2) is 67.5 Å². The van der Waals surface area contributed by atoms with Gasteiger partial charge in [0, 0.05) is 30.7 Å². The zero-order valence-corrected chi connectivity index (χ0v) is 15.3. The van der Waals surface area contributed by atoms with Crippen molar-refractivity contribution in [2.75, 3.05) is 0 Å². The molecule has 0 atom stereocenters. The second-order valence-electron chi connectivity index (χ2n) is 6.57. The van der Waals surface area contributed by atoms with Crippen molar-refractivity contribution in [3.63, 3.8) is 0 Å². The average molecular weight is 370 g/mol. The number of rotatable bonds is 5. The van der Waals surface area contributed by atoms with Gasteiger partial charge in [0.25, 0.3) is 0 Å². The highest BCUT2D eigenvalue weighted by Crippen LogP contribution is 2.33. The molecule has 0 aliphatic carbocycles. The van der Waals surface area contributed by atoms with Gasteiger partial charge in [-0.3, -0.25) is 4.68 Å². The number of hydrogen-bond acceptors (Lipinski definition) is 5. The summed E-state index contributed by atoms with van der Waals surface area (Å²) in [6.45, 7) is 3.34. The van der Waals surface area contributed by atoms with Crippen LogP contribution < -0.4 is 0 Å². The van der Waals surface area contributed by atoms with E-state index in [0.29, 0.717) is 13.1 Å². The van der Waals surface area contributed by atoms with E-state index in [-0.39, 0.29) is 0 Å². The molecule has 8 heteroatoms. The first-order valence-corrected chi connectivity index (χ1v) is 9.05. The summed E-state index contributed by atoms with van der Waals surface area (Å²) >= 11 is 0. The summed E-state index contributed by atoms with van der Waals surface area (Å²) in [5.74, 6) is 0. The molecule has 28 heavy (non-hydrogen) atoms. The molecule has 4 aromatic heterocycles. The second-order valence-corrected chi connectivity index (χ2v) is 6.57. The average Bonchev–Trinajstić information content (AvgIpc) is 3.44. The van der Waals surface area contributed by atoms with Crippen LogP contribution in [0.2, 0.25) is 0 Å². The highest BCUT2D eigenvalue weighted by Gasteiger charge is 2.19. The molecular formula is C20H18N8. The molecule has 0 amide bonds. The third-order valence-corrected chi connectivity index (χ3v) is 4.64. The highest BCUT2D eigenvalue weighted by molar-refractivity contribution is 5.85. The van der Waals surface area contributed by atoms with Crippen molar-refractivity contribution in [1.29, 1.82) is 0 Å². The molecule has 0 aliphatic rings. The summed E-state index contributed by atoms with van der Waals surface area (Å²) in [4.78, 5) is 9.25. The molecule has 0 aliphatic heterocycles. The predicted octanol–water partition coefficient (Wildman–Crippen LogP) is 2.86. The van der Waals surface area contributed by atoms with Gasteiger partial charge < -0.3 is 4.57 Å². The Hall–Kier alpha value is -3.81. The largest absolute Gasteiger partial charge is 0.328 e. The molecule has 0 bridgehead atoms. The minimum absolute atomic E-state index is 0.699. The zero-order valence-electron chi connectivity index (χ0n) is 15.3. The molecule has 0 spiro atoms. The maximum atomic E-state index is 4.72. The van der Waals surface area contributed by atoms with Crippen LogP contribution in [-0.2, 0) is 13.1 Å².